The average Bonchev–Trinajstić information content (AvgIpc) is 2.68. The highest BCUT2D eigenvalue weighted by Gasteiger charge is 2.13. The lowest BCUT2D eigenvalue weighted by molar-refractivity contribution is 0.0987. The molecule has 1 amide bonds. The Balaban J connectivity index is 2.14. The topological polar surface area (TPSA) is 55.1 Å². The van der Waals surface area contributed by atoms with Crippen LogP contribution in [0.3, 0.4) is 0 Å². The number of nitrogens with one attached hydrogen (secondary N) is 1. The number of aromatic nitrogens is 1. The number of nitrogens with zero attached hydrogens (tertiary/aromatic N) is 1. The third kappa shape index (κ3) is 2.11. The molecule has 1 heterocycles. The summed E-state index contributed by atoms with van der Waals surface area (Å²) in [5.41, 5.74) is 2.62. The summed E-state index contributed by atoms with van der Waals surface area (Å²) < 4.78 is 4.86. The van der Waals surface area contributed by atoms with Crippen molar-refractivity contribution in [3.05, 3.63) is 47.3 Å². The Morgan fingerprint density at radius 2 is 1.94 bits per heavy atom. The van der Waals surface area contributed by atoms with Crippen LogP contribution in [-0.2, 0) is 0 Å². The van der Waals surface area contributed by atoms with E-state index in [4.69, 9.17) is 4.52 Å². The highest BCUT2D eigenvalue weighted by atomic mass is 16.5. The number of carbonyl (C=O) groups is 1. The molecule has 0 aliphatic rings. The van der Waals surface area contributed by atoms with Gasteiger partial charge in [0.1, 0.15) is 0 Å². The van der Waals surface area contributed by atoms with Crippen molar-refractivity contribution < 1.29 is 9.32 Å². The molecule has 0 saturated carbocycles. The van der Waals surface area contributed by atoms with Gasteiger partial charge in [0.05, 0.1) is 6.20 Å². The van der Waals surface area contributed by atoms with Crippen molar-refractivity contribution in [3.8, 4) is 0 Å². The smallest absolute Gasteiger partial charge is 0.294 e. The van der Waals surface area contributed by atoms with E-state index in [1.54, 1.807) is 6.92 Å². The van der Waals surface area contributed by atoms with Crippen molar-refractivity contribution in [2.24, 2.45) is 0 Å². The SMILES string of the molecule is Cc1ccc(NC(=O)c2oncc2C)cc1. The van der Waals surface area contributed by atoms with Crippen LogP contribution in [0.5, 0.6) is 0 Å². The van der Waals surface area contributed by atoms with E-state index in [0.717, 1.165) is 16.8 Å². The minimum absolute atomic E-state index is 0.251. The Morgan fingerprint density at radius 1 is 1.25 bits per heavy atom. The monoisotopic (exact) mass is 216 g/mol. The third-order valence-electron chi connectivity index (χ3n) is 2.26. The van der Waals surface area contributed by atoms with Crippen LogP contribution in [-0.4, -0.2) is 11.1 Å². The maximum atomic E-state index is 11.7. The van der Waals surface area contributed by atoms with E-state index in [2.05, 4.69) is 10.5 Å². The second-order valence-corrected chi connectivity index (χ2v) is 3.66. The first-order valence-electron chi connectivity index (χ1n) is 4.96. The molecule has 0 atom stereocenters. The van der Waals surface area contributed by atoms with Gasteiger partial charge in [0, 0.05) is 11.3 Å². The molecule has 0 radical (unpaired) electrons. The van der Waals surface area contributed by atoms with Gasteiger partial charge in [0.2, 0.25) is 5.76 Å². The van der Waals surface area contributed by atoms with E-state index < -0.39 is 0 Å². The number of hydrogen-bond donors (Lipinski definition) is 1. The zero-order valence-electron chi connectivity index (χ0n) is 9.15. The van der Waals surface area contributed by atoms with Gasteiger partial charge in [-0.15, -0.1) is 0 Å². The summed E-state index contributed by atoms with van der Waals surface area (Å²) in [6, 6.07) is 7.56. The minimum atomic E-state index is -0.279. The van der Waals surface area contributed by atoms with Crippen molar-refractivity contribution in [2.75, 3.05) is 5.32 Å². The van der Waals surface area contributed by atoms with Gasteiger partial charge < -0.3 is 9.84 Å². The number of anilines is 1. The van der Waals surface area contributed by atoms with Crippen LogP contribution in [0.15, 0.2) is 35.0 Å². The lowest BCUT2D eigenvalue weighted by atomic mass is 10.2. The Kier molecular flexibility index (Phi) is 2.72. The number of aryl methyl sites for hydroxylation is 2. The highest BCUT2D eigenvalue weighted by Crippen LogP contribution is 2.12. The van der Waals surface area contributed by atoms with Gasteiger partial charge >= 0.3 is 0 Å². The van der Waals surface area contributed by atoms with Crippen LogP contribution in [0.4, 0.5) is 5.69 Å². The van der Waals surface area contributed by atoms with Crippen molar-refractivity contribution in [1.82, 2.24) is 5.16 Å². The lowest BCUT2D eigenvalue weighted by Gasteiger charge is -2.03. The molecule has 0 unspecified atom stereocenters. The van der Waals surface area contributed by atoms with Gasteiger partial charge in [0.25, 0.3) is 5.91 Å². The Bertz CT molecular complexity index is 500. The van der Waals surface area contributed by atoms with Crippen LogP contribution in [0.25, 0.3) is 0 Å². The highest BCUT2D eigenvalue weighted by molar-refractivity contribution is 6.03. The van der Waals surface area contributed by atoms with Gasteiger partial charge in [-0.25, -0.2) is 0 Å². The van der Waals surface area contributed by atoms with Crippen LogP contribution in [0.2, 0.25) is 0 Å². The molecule has 1 aromatic carbocycles. The van der Waals surface area contributed by atoms with Gasteiger partial charge in [0.15, 0.2) is 0 Å². The van der Waals surface area contributed by atoms with Crippen LogP contribution >= 0.6 is 0 Å². The molecule has 82 valence electrons. The summed E-state index contributed by atoms with van der Waals surface area (Å²) in [4.78, 5) is 11.7. The molecule has 0 aliphatic carbocycles. The number of hydrogen-bond acceptors (Lipinski definition) is 3. The molecule has 0 bridgehead atoms. The number of rotatable bonds is 2. The normalized spacial score (nSPS) is 10.1. The predicted molar refractivity (Wildman–Crippen MR) is 60.4 cm³/mol. The lowest BCUT2D eigenvalue weighted by Crippen LogP contribution is -2.11. The summed E-state index contributed by atoms with van der Waals surface area (Å²) in [5, 5.41) is 6.30. The second-order valence-electron chi connectivity index (χ2n) is 3.66. The summed E-state index contributed by atoms with van der Waals surface area (Å²) in [5.74, 6) is -0.0283. The van der Waals surface area contributed by atoms with Crippen molar-refractivity contribution in [2.45, 2.75) is 13.8 Å². The Hall–Kier alpha value is -2.10. The summed E-state index contributed by atoms with van der Waals surface area (Å²) in [7, 11) is 0. The van der Waals surface area contributed by atoms with E-state index in [0.29, 0.717) is 0 Å². The van der Waals surface area contributed by atoms with Crippen LogP contribution < -0.4 is 5.32 Å². The van der Waals surface area contributed by atoms with E-state index in [-0.39, 0.29) is 11.7 Å². The molecule has 1 aromatic heterocycles. The molecule has 4 heteroatoms. The van der Waals surface area contributed by atoms with E-state index in [1.807, 2.05) is 31.2 Å². The minimum Gasteiger partial charge on any atom is -0.351 e. The molecular weight excluding hydrogens is 204 g/mol. The number of carbonyl (C=O) groups excluding carboxylic acids is 1. The van der Waals surface area contributed by atoms with Gasteiger partial charge in [-0.3, -0.25) is 4.79 Å². The standard InChI is InChI=1S/C12H12N2O2/c1-8-3-5-10(6-4-8)14-12(15)11-9(2)7-13-16-11/h3-7H,1-2H3,(H,14,15). The summed E-state index contributed by atoms with van der Waals surface area (Å²) >= 11 is 0. The quantitative estimate of drug-likeness (QED) is 0.839. The molecule has 0 spiro atoms. The van der Waals surface area contributed by atoms with Crippen molar-refractivity contribution in [3.63, 3.8) is 0 Å². The fraction of sp³-hybridized carbons (Fsp3) is 0.167. The molecule has 4 nitrogen and oxygen atoms in total. The fourth-order valence-electron chi connectivity index (χ4n) is 1.33. The molecular formula is C12H12N2O2. The van der Waals surface area contributed by atoms with E-state index >= 15 is 0 Å². The Labute approximate surface area is 93.3 Å². The zero-order chi connectivity index (χ0) is 11.5. The fourth-order valence-corrected chi connectivity index (χ4v) is 1.33. The molecule has 0 fully saturated rings. The van der Waals surface area contributed by atoms with Crippen molar-refractivity contribution >= 4 is 11.6 Å². The van der Waals surface area contributed by atoms with Gasteiger partial charge in [-0.2, -0.15) is 0 Å². The maximum Gasteiger partial charge on any atom is 0.294 e. The second kappa shape index (κ2) is 4.18. The third-order valence-corrected chi connectivity index (χ3v) is 2.26. The van der Waals surface area contributed by atoms with Crippen LogP contribution in [0, 0.1) is 13.8 Å². The number of amides is 1. The molecule has 0 saturated heterocycles. The first kappa shape index (κ1) is 10.4. The van der Waals surface area contributed by atoms with Gasteiger partial charge in [-0.1, -0.05) is 22.9 Å². The molecule has 16 heavy (non-hydrogen) atoms. The zero-order valence-corrected chi connectivity index (χ0v) is 9.15. The maximum absolute atomic E-state index is 11.7. The molecule has 0 aliphatic heterocycles. The first-order chi connectivity index (χ1) is 7.66. The van der Waals surface area contributed by atoms with E-state index in [9.17, 15) is 4.79 Å². The molecule has 2 aromatic rings. The van der Waals surface area contributed by atoms with Crippen molar-refractivity contribution in [1.29, 1.82) is 0 Å². The number of benzene rings is 1. The summed E-state index contributed by atoms with van der Waals surface area (Å²) in [6.07, 6.45) is 1.52. The van der Waals surface area contributed by atoms with Crippen LogP contribution in [0.1, 0.15) is 21.7 Å². The largest absolute Gasteiger partial charge is 0.351 e. The van der Waals surface area contributed by atoms with Gasteiger partial charge in [-0.05, 0) is 26.0 Å². The average molecular weight is 216 g/mol. The Morgan fingerprint density at radius 3 is 2.50 bits per heavy atom. The predicted octanol–water partition coefficient (Wildman–Crippen LogP) is 2.54. The first-order valence-corrected chi connectivity index (χ1v) is 4.96. The summed E-state index contributed by atoms with van der Waals surface area (Å²) in [6.45, 7) is 3.77. The molecule has 2 rings (SSSR count). The molecule has 1 N–H and O–H groups in total. The van der Waals surface area contributed by atoms with E-state index in [1.165, 1.54) is 6.20 Å².